The van der Waals surface area contributed by atoms with Crippen molar-refractivity contribution < 1.29 is 4.74 Å². The molecule has 3 nitrogen and oxygen atoms in total. The van der Waals surface area contributed by atoms with E-state index in [4.69, 9.17) is 10.6 Å². The van der Waals surface area contributed by atoms with Crippen molar-refractivity contribution >= 4 is 15.9 Å². The van der Waals surface area contributed by atoms with Crippen LogP contribution in [0.2, 0.25) is 0 Å². The van der Waals surface area contributed by atoms with Gasteiger partial charge in [-0.1, -0.05) is 47.5 Å². The SMILES string of the molecule is CCCC(OCC)C(Cc1ccccc1Br)NN. The van der Waals surface area contributed by atoms with Crippen LogP contribution >= 0.6 is 15.9 Å². The highest BCUT2D eigenvalue weighted by Gasteiger charge is 2.21. The predicted octanol–water partition coefficient (Wildman–Crippen LogP) is 3.03. The van der Waals surface area contributed by atoms with Crippen molar-refractivity contribution in [1.82, 2.24) is 5.43 Å². The van der Waals surface area contributed by atoms with E-state index in [-0.39, 0.29) is 12.1 Å². The van der Waals surface area contributed by atoms with Crippen LogP contribution in [0.25, 0.3) is 0 Å². The molecule has 0 bridgehead atoms. The van der Waals surface area contributed by atoms with E-state index in [1.54, 1.807) is 0 Å². The number of benzene rings is 1. The van der Waals surface area contributed by atoms with Crippen molar-refractivity contribution in [2.24, 2.45) is 5.84 Å². The standard InChI is InChI=1S/C14H23BrN2O/c1-3-7-14(18-4-2)13(17-16)10-11-8-5-6-9-12(11)15/h5-6,8-9,13-14,17H,3-4,7,10,16H2,1-2H3. The Kier molecular flexibility index (Phi) is 7.51. The lowest BCUT2D eigenvalue weighted by atomic mass is 9.99. The second kappa shape index (κ2) is 8.64. The minimum absolute atomic E-state index is 0.142. The molecule has 1 aromatic carbocycles. The van der Waals surface area contributed by atoms with Crippen molar-refractivity contribution in [2.75, 3.05) is 6.61 Å². The molecule has 0 spiro atoms. The third kappa shape index (κ3) is 4.69. The fraction of sp³-hybridized carbons (Fsp3) is 0.571. The Bertz CT molecular complexity index is 340. The Morgan fingerprint density at radius 3 is 2.61 bits per heavy atom. The molecule has 1 aromatic rings. The first-order valence-corrected chi connectivity index (χ1v) is 7.33. The van der Waals surface area contributed by atoms with Crippen LogP contribution in [-0.2, 0) is 11.2 Å². The summed E-state index contributed by atoms with van der Waals surface area (Å²) < 4.78 is 6.91. The number of hydrazine groups is 1. The maximum Gasteiger partial charge on any atom is 0.0744 e. The molecular formula is C14H23BrN2O. The van der Waals surface area contributed by atoms with Crippen LogP contribution in [0.4, 0.5) is 0 Å². The van der Waals surface area contributed by atoms with Crippen molar-refractivity contribution in [3.63, 3.8) is 0 Å². The molecular weight excluding hydrogens is 292 g/mol. The van der Waals surface area contributed by atoms with Gasteiger partial charge in [-0.05, 0) is 31.4 Å². The van der Waals surface area contributed by atoms with Crippen LogP contribution < -0.4 is 11.3 Å². The number of rotatable bonds is 8. The van der Waals surface area contributed by atoms with E-state index in [2.05, 4.69) is 40.4 Å². The van der Waals surface area contributed by atoms with Crippen LogP contribution in [0.3, 0.4) is 0 Å². The minimum atomic E-state index is 0.142. The third-order valence-corrected chi connectivity index (χ3v) is 3.79. The largest absolute Gasteiger partial charge is 0.377 e. The van der Waals surface area contributed by atoms with Gasteiger partial charge in [0, 0.05) is 11.1 Å². The smallest absolute Gasteiger partial charge is 0.0744 e. The summed E-state index contributed by atoms with van der Waals surface area (Å²) in [4.78, 5) is 0. The summed E-state index contributed by atoms with van der Waals surface area (Å²) >= 11 is 3.57. The number of nitrogens with two attached hydrogens (primary N) is 1. The number of hydrogen-bond acceptors (Lipinski definition) is 3. The molecule has 0 aliphatic rings. The average molecular weight is 315 g/mol. The predicted molar refractivity (Wildman–Crippen MR) is 79.3 cm³/mol. The molecule has 0 amide bonds. The van der Waals surface area contributed by atoms with Gasteiger partial charge in [0.2, 0.25) is 0 Å². The van der Waals surface area contributed by atoms with E-state index in [0.29, 0.717) is 0 Å². The fourth-order valence-electron chi connectivity index (χ4n) is 2.10. The van der Waals surface area contributed by atoms with Crippen molar-refractivity contribution in [3.8, 4) is 0 Å². The second-order valence-corrected chi connectivity index (χ2v) is 5.21. The van der Waals surface area contributed by atoms with Gasteiger partial charge in [-0.15, -0.1) is 0 Å². The quantitative estimate of drug-likeness (QED) is 0.573. The molecule has 0 heterocycles. The molecule has 0 radical (unpaired) electrons. The highest BCUT2D eigenvalue weighted by atomic mass is 79.9. The van der Waals surface area contributed by atoms with Crippen LogP contribution in [0.15, 0.2) is 28.7 Å². The van der Waals surface area contributed by atoms with Gasteiger partial charge in [-0.2, -0.15) is 0 Å². The van der Waals surface area contributed by atoms with Gasteiger partial charge in [0.25, 0.3) is 0 Å². The summed E-state index contributed by atoms with van der Waals surface area (Å²) in [6.07, 6.45) is 3.14. The number of hydrogen-bond donors (Lipinski definition) is 2. The number of halogens is 1. The molecule has 0 aromatic heterocycles. The Morgan fingerprint density at radius 2 is 2.06 bits per heavy atom. The lowest BCUT2D eigenvalue weighted by Crippen LogP contribution is -2.46. The lowest BCUT2D eigenvalue weighted by molar-refractivity contribution is 0.0281. The lowest BCUT2D eigenvalue weighted by Gasteiger charge is -2.26. The average Bonchev–Trinajstić information content (AvgIpc) is 2.38. The van der Waals surface area contributed by atoms with Crippen molar-refractivity contribution in [2.45, 2.75) is 45.3 Å². The molecule has 0 fully saturated rings. The van der Waals surface area contributed by atoms with E-state index in [1.807, 2.05) is 19.1 Å². The van der Waals surface area contributed by atoms with Crippen LogP contribution in [0, 0.1) is 0 Å². The molecule has 2 atom stereocenters. The molecule has 0 saturated carbocycles. The molecule has 3 N–H and O–H groups in total. The normalized spacial score (nSPS) is 14.4. The van der Waals surface area contributed by atoms with E-state index in [9.17, 15) is 0 Å². The van der Waals surface area contributed by atoms with Gasteiger partial charge in [0.15, 0.2) is 0 Å². The van der Waals surface area contributed by atoms with E-state index in [1.165, 1.54) is 5.56 Å². The Labute approximate surface area is 118 Å². The maximum absolute atomic E-state index is 5.79. The molecule has 18 heavy (non-hydrogen) atoms. The van der Waals surface area contributed by atoms with Crippen molar-refractivity contribution in [3.05, 3.63) is 34.3 Å². The first-order valence-electron chi connectivity index (χ1n) is 6.54. The maximum atomic E-state index is 5.79. The molecule has 0 aliphatic heterocycles. The first-order chi connectivity index (χ1) is 8.72. The van der Waals surface area contributed by atoms with E-state index < -0.39 is 0 Å². The van der Waals surface area contributed by atoms with Crippen molar-refractivity contribution in [1.29, 1.82) is 0 Å². The van der Waals surface area contributed by atoms with Gasteiger partial charge < -0.3 is 4.74 Å². The zero-order chi connectivity index (χ0) is 13.4. The van der Waals surface area contributed by atoms with E-state index >= 15 is 0 Å². The number of nitrogens with one attached hydrogen (secondary N) is 1. The summed E-state index contributed by atoms with van der Waals surface area (Å²) in [7, 11) is 0. The van der Waals surface area contributed by atoms with Crippen LogP contribution in [0.1, 0.15) is 32.3 Å². The van der Waals surface area contributed by atoms with Gasteiger partial charge in [-0.25, -0.2) is 0 Å². The molecule has 1 rings (SSSR count). The van der Waals surface area contributed by atoms with Gasteiger partial charge >= 0.3 is 0 Å². The fourth-order valence-corrected chi connectivity index (χ4v) is 2.54. The van der Waals surface area contributed by atoms with Gasteiger partial charge in [0.1, 0.15) is 0 Å². The van der Waals surface area contributed by atoms with Gasteiger partial charge in [-0.3, -0.25) is 11.3 Å². The third-order valence-electron chi connectivity index (χ3n) is 3.01. The Morgan fingerprint density at radius 1 is 1.33 bits per heavy atom. The molecule has 102 valence electrons. The molecule has 2 unspecified atom stereocenters. The minimum Gasteiger partial charge on any atom is -0.377 e. The highest BCUT2D eigenvalue weighted by Crippen LogP contribution is 2.20. The zero-order valence-electron chi connectivity index (χ0n) is 11.2. The Hall–Kier alpha value is -0.420. The summed E-state index contributed by atoms with van der Waals surface area (Å²) in [5, 5.41) is 0. The Balaban J connectivity index is 2.73. The summed E-state index contributed by atoms with van der Waals surface area (Å²) in [6.45, 7) is 4.91. The van der Waals surface area contributed by atoms with Crippen LogP contribution in [0.5, 0.6) is 0 Å². The summed E-state index contributed by atoms with van der Waals surface area (Å²) in [6, 6.07) is 8.37. The molecule has 4 heteroatoms. The second-order valence-electron chi connectivity index (χ2n) is 4.35. The summed E-state index contributed by atoms with van der Waals surface area (Å²) in [5.41, 5.74) is 4.15. The number of ether oxygens (including phenoxy) is 1. The topological polar surface area (TPSA) is 47.3 Å². The summed E-state index contributed by atoms with van der Waals surface area (Å²) in [5.74, 6) is 5.69. The molecule has 0 saturated heterocycles. The zero-order valence-corrected chi connectivity index (χ0v) is 12.7. The molecule has 0 aliphatic carbocycles. The van der Waals surface area contributed by atoms with Gasteiger partial charge in [0.05, 0.1) is 12.1 Å². The first kappa shape index (κ1) is 15.6. The highest BCUT2D eigenvalue weighted by molar-refractivity contribution is 9.10. The van der Waals surface area contributed by atoms with Crippen LogP contribution in [-0.4, -0.2) is 18.8 Å². The monoisotopic (exact) mass is 314 g/mol. The van der Waals surface area contributed by atoms with E-state index in [0.717, 1.165) is 30.3 Å².